The van der Waals surface area contributed by atoms with Crippen molar-refractivity contribution in [3.05, 3.63) is 18.5 Å². The molecule has 1 aromatic heterocycles. The number of sulfonamides is 1. The molecular weight excluding hydrogens is 328 g/mol. The number of fused-ring (bicyclic) bond motifs is 2. The van der Waals surface area contributed by atoms with Gasteiger partial charge in [-0.3, -0.25) is 4.98 Å². The molecule has 3 N–H and O–H groups in total. The highest BCUT2D eigenvalue weighted by molar-refractivity contribution is 7.90. The van der Waals surface area contributed by atoms with E-state index in [9.17, 15) is 13.2 Å². The molecule has 2 aliphatic carbocycles. The van der Waals surface area contributed by atoms with Crippen LogP contribution < -0.4 is 15.4 Å². The van der Waals surface area contributed by atoms with Crippen molar-refractivity contribution in [2.75, 3.05) is 5.32 Å². The molecule has 2 bridgehead atoms. The Kier molecular flexibility index (Phi) is 4.67. The lowest BCUT2D eigenvalue weighted by Crippen LogP contribution is -2.42. The molecule has 132 valence electrons. The summed E-state index contributed by atoms with van der Waals surface area (Å²) in [6.45, 7) is 3.52. The quantitative estimate of drug-likeness (QED) is 0.753. The number of amides is 2. The van der Waals surface area contributed by atoms with Gasteiger partial charge in [-0.25, -0.2) is 17.9 Å². The molecule has 8 heteroatoms. The standard InChI is InChI=1S/C16H24N4O3S/c1-10(2)18-16(21)20-24(22,23)15-9-17-6-5-13(15)19-14-8-11-3-4-12(14)7-11/h5-6,9-12,14H,3-4,7-8H2,1-2H3,(H,17,19)(H2,18,20,21)/t11-,12+,14-/m1/s1. The predicted molar refractivity (Wildman–Crippen MR) is 91.1 cm³/mol. The molecule has 1 aromatic rings. The Hall–Kier alpha value is -1.83. The second kappa shape index (κ2) is 6.58. The van der Waals surface area contributed by atoms with Gasteiger partial charge in [0, 0.05) is 24.5 Å². The first-order chi connectivity index (χ1) is 11.3. The Morgan fingerprint density at radius 2 is 2.08 bits per heavy atom. The van der Waals surface area contributed by atoms with Gasteiger partial charge in [-0.1, -0.05) is 6.42 Å². The van der Waals surface area contributed by atoms with Crippen molar-refractivity contribution in [1.82, 2.24) is 15.0 Å². The molecule has 0 aromatic carbocycles. The molecule has 3 atom stereocenters. The number of aromatic nitrogens is 1. The maximum atomic E-state index is 12.5. The average Bonchev–Trinajstić information content (AvgIpc) is 3.08. The first-order valence-corrected chi connectivity index (χ1v) is 9.87. The lowest BCUT2D eigenvalue weighted by atomic mass is 9.95. The van der Waals surface area contributed by atoms with Crippen molar-refractivity contribution in [1.29, 1.82) is 0 Å². The van der Waals surface area contributed by atoms with Gasteiger partial charge in [-0.05, 0) is 51.0 Å². The fourth-order valence-corrected chi connectivity index (χ4v) is 4.83. The second-order valence-corrected chi connectivity index (χ2v) is 8.68. The minimum atomic E-state index is -3.98. The van der Waals surface area contributed by atoms with Gasteiger partial charge < -0.3 is 10.6 Å². The Labute approximate surface area is 142 Å². The third-order valence-corrected chi connectivity index (χ3v) is 6.16. The summed E-state index contributed by atoms with van der Waals surface area (Å²) in [5, 5.41) is 5.88. The summed E-state index contributed by atoms with van der Waals surface area (Å²) in [6.07, 6.45) is 7.61. The van der Waals surface area contributed by atoms with Crippen LogP contribution in [0.25, 0.3) is 0 Å². The Morgan fingerprint density at radius 1 is 1.29 bits per heavy atom. The van der Waals surface area contributed by atoms with E-state index in [1.165, 1.54) is 25.5 Å². The number of urea groups is 1. The average molecular weight is 352 g/mol. The van der Waals surface area contributed by atoms with Gasteiger partial charge in [-0.2, -0.15) is 0 Å². The topological polar surface area (TPSA) is 100 Å². The van der Waals surface area contributed by atoms with Gasteiger partial charge in [0.15, 0.2) is 0 Å². The number of hydrogen-bond donors (Lipinski definition) is 3. The zero-order chi connectivity index (χ0) is 17.3. The van der Waals surface area contributed by atoms with Crippen molar-refractivity contribution in [3.63, 3.8) is 0 Å². The minimum Gasteiger partial charge on any atom is -0.381 e. The van der Waals surface area contributed by atoms with Gasteiger partial charge >= 0.3 is 6.03 Å². The highest BCUT2D eigenvalue weighted by atomic mass is 32.2. The van der Waals surface area contributed by atoms with Crippen LogP contribution in [0.3, 0.4) is 0 Å². The molecule has 1 heterocycles. The largest absolute Gasteiger partial charge is 0.381 e. The fraction of sp³-hybridized carbons (Fsp3) is 0.625. The number of carbonyl (C=O) groups excluding carboxylic acids is 1. The van der Waals surface area contributed by atoms with E-state index in [1.54, 1.807) is 26.1 Å². The minimum absolute atomic E-state index is 0.00618. The summed E-state index contributed by atoms with van der Waals surface area (Å²) in [6, 6.07) is 1.06. The summed E-state index contributed by atoms with van der Waals surface area (Å²) in [5.41, 5.74) is 0.507. The van der Waals surface area contributed by atoms with E-state index in [0.29, 0.717) is 17.6 Å². The summed E-state index contributed by atoms with van der Waals surface area (Å²) in [5.74, 6) is 1.36. The van der Waals surface area contributed by atoms with Crippen LogP contribution in [0, 0.1) is 11.8 Å². The normalized spacial score (nSPS) is 25.7. The van der Waals surface area contributed by atoms with Crippen molar-refractivity contribution < 1.29 is 13.2 Å². The Balaban J connectivity index is 1.77. The van der Waals surface area contributed by atoms with E-state index in [-0.39, 0.29) is 10.9 Å². The van der Waals surface area contributed by atoms with Crippen LogP contribution >= 0.6 is 0 Å². The van der Waals surface area contributed by atoms with Crippen LogP contribution in [0.4, 0.5) is 10.5 Å². The fourth-order valence-electron chi connectivity index (χ4n) is 3.80. The third-order valence-electron chi connectivity index (χ3n) is 4.80. The summed E-state index contributed by atoms with van der Waals surface area (Å²) in [4.78, 5) is 15.7. The SMILES string of the molecule is CC(C)NC(=O)NS(=O)(=O)c1cnccc1N[C@@H]1C[C@@H]2CC[C@H]1C2. The Bertz CT molecular complexity index is 720. The second-order valence-electron chi connectivity index (χ2n) is 7.03. The van der Waals surface area contributed by atoms with E-state index < -0.39 is 16.1 Å². The number of carbonyl (C=O) groups is 1. The highest BCUT2D eigenvalue weighted by Crippen LogP contribution is 2.45. The maximum absolute atomic E-state index is 12.5. The molecule has 7 nitrogen and oxygen atoms in total. The van der Waals surface area contributed by atoms with Crippen LogP contribution in [0.5, 0.6) is 0 Å². The van der Waals surface area contributed by atoms with E-state index in [1.807, 2.05) is 4.72 Å². The zero-order valence-electron chi connectivity index (χ0n) is 14.0. The van der Waals surface area contributed by atoms with Crippen LogP contribution in [-0.4, -0.2) is 31.5 Å². The highest BCUT2D eigenvalue weighted by Gasteiger charge is 2.40. The number of anilines is 1. The van der Waals surface area contributed by atoms with Crippen molar-refractivity contribution in [2.45, 2.75) is 56.5 Å². The van der Waals surface area contributed by atoms with E-state index >= 15 is 0 Å². The first-order valence-electron chi connectivity index (χ1n) is 8.39. The number of rotatable bonds is 5. The third kappa shape index (κ3) is 3.63. The van der Waals surface area contributed by atoms with Crippen LogP contribution in [-0.2, 0) is 10.0 Å². The van der Waals surface area contributed by atoms with Crippen molar-refractivity contribution >= 4 is 21.7 Å². The van der Waals surface area contributed by atoms with Crippen LogP contribution in [0.15, 0.2) is 23.4 Å². The molecule has 0 spiro atoms. The number of pyridine rings is 1. The van der Waals surface area contributed by atoms with Crippen molar-refractivity contribution in [2.24, 2.45) is 11.8 Å². The monoisotopic (exact) mass is 352 g/mol. The number of nitrogens with zero attached hydrogens (tertiary/aromatic N) is 1. The molecule has 2 amide bonds. The smallest absolute Gasteiger partial charge is 0.328 e. The summed E-state index contributed by atoms with van der Waals surface area (Å²) >= 11 is 0. The molecule has 2 fully saturated rings. The molecule has 24 heavy (non-hydrogen) atoms. The molecule has 2 saturated carbocycles. The predicted octanol–water partition coefficient (Wildman–Crippen LogP) is 2.08. The van der Waals surface area contributed by atoms with Gasteiger partial charge in [0.05, 0.1) is 5.69 Å². The van der Waals surface area contributed by atoms with Gasteiger partial charge in [-0.15, -0.1) is 0 Å². The summed E-state index contributed by atoms with van der Waals surface area (Å²) < 4.78 is 27.1. The Morgan fingerprint density at radius 3 is 2.71 bits per heavy atom. The molecule has 0 aliphatic heterocycles. The molecule has 0 unspecified atom stereocenters. The molecule has 3 rings (SSSR count). The van der Waals surface area contributed by atoms with Gasteiger partial charge in [0.1, 0.15) is 4.90 Å². The molecular formula is C16H24N4O3S. The van der Waals surface area contributed by atoms with E-state index in [2.05, 4.69) is 15.6 Å². The van der Waals surface area contributed by atoms with Gasteiger partial charge in [0.25, 0.3) is 10.0 Å². The molecule has 0 saturated heterocycles. The van der Waals surface area contributed by atoms with Crippen LogP contribution in [0.2, 0.25) is 0 Å². The summed E-state index contributed by atoms with van der Waals surface area (Å²) in [7, 11) is -3.98. The van der Waals surface area contributed by atoms with E-state index in [0.717, 1.165) is 12.3 Å². The zero-order valence-corrected chi connectivity index (χ0v) is 14.8. The number of hydrogen-bond acceptors (Lipinski definition) is 5. The van der Waals surface area contributed by atoms with Crippen LogP contribution in [0.1, 0.15) is 39.5 Å². The molecule has 2 aliphatic rings. The molecule has 0 radical (unpaired) electrons. The first kappa shape index (κ1) is 17.0. The van der Waals surface area contributed by atoms with Crippen molar-refractivity contribution in [3.8, 4) is 0 Å². The lowest BCUT2D eigenvalue weighted by Gasteiger charge is -2.25. The number of nitrogens with one attached hydrogen (secondary N) is 3. The van der Waals surface area contributed by atoms with Gasteiger partial charge in [0.2, 0.25) is 0 Å². The van der Waals surface area contributed by atoms with E-state index in [4.69, 9.17) is 0 Å². The lowest BCUT2D eigenvalue weighted by molar-refractivity contribution is 0.243. The maximum Gasteiger partial charge on any atom is 0.328 e.